The molecule has 1 aromatic heterocycles. The number of rotatable bonds is 6. The Kier molecular flexibility index (Phi) is 6.52. The zero-order valence-corrected chi connectivity index (χ0v) is 17.5. The first-order chi connectivity index (χ1) is 14.2. The van der Waals surface area contributed by atoms with Crippen LogP contribution in [0.5, 0.6) is 5.75 Å². The number of hydrogen-bond donors (Lipinski definition) is 0. The number of nitrogens with zero attached hydrogens (tertiary/aromatic N) is 3. The van der Waals surface area contributed by atoms with Gasteiger partial charge in [0.15, 0.2) is 11.0 Å². The largest absolute Gasteiger partial charge is 0.484 e. The number of para-hydroxylation sites is 2. The molecule has 4 rings (SSSR count). The Labute approximate surface area is 179 Å². The molecular formula is C22H22ClN3O2S. The summed E-state index contributed by atoms with van der Waals surface area (Å²) >= 11 is 7.71. The molecule has 1 heterocycles. The van der Waals surface area contributed by atoms with Crippen molar-refractivity contribution in [1.29, 1.82) is 0 Å². The van der Waals surface area contributed by atoms with Crippen molar-refractivity contribution in [2.75, 3.05) is 0 Å². The number of thioether (sulfide) groups is 1. The average molecular weight is 428 g/mol. The molecule has 1 aliphatic rings. The van der Waals surface area contributed by atoms with Crippen LogP contribution < -0.4 is 4.74 Å². The Balaban J connectivity index is 1.62. The monoisotopic (exact) mass is 427 g/mol. The molecule has 29 heavy (non-hydrogen) atoms. The summed E-state index contributed by atoms with van der Waals surface area (Å²) in [6, 6.07) is 17.3. The van der Waals surface area contributed by atoms with E-state index in [2.05, 4.69) is 10.2 Å². The molecule has 1 saturated carbocycles. The SMILES string of the molecule is O=C1CCCCC[C@H]1Sc1nnc(COc2ccccc2Cl)n1-c1ccccc1. The smallest absolute Gasteiger partial charge is 0.196 e. The maximum absolute atomic E-state index is 12.5. The first-order valence-electron chi connectivity index (χ1n) is 9.79. The molecule has 1 atom stereocenters. The third kappa shape index (κ3) is 4.82. The Morgan fingerprint density at radius 1 is 1.03 bits per heavy atom. The molecule has 0 bridgehead atoms. The highest BCUT2D eigenvalue weighted by Crippen LogP contribution is 2.32. The maximum atomic E-state index is 12.5. The molecule has 0 amide bonds. The van der Waals surface area contributed by atoms with Gasteiger partial charge in [0.05, 0.1) is 10.3 Å². The van der Waals surface area contributed by atoms with Crippen LogP contribution in [0.2, 0.25) is 5.02 Å². The van der Waals surface area contributed by atoms with E-state index in [4.69, 9.17) is 16.3 Å². The van der Waals surface area contributed by atoms with Gasteiger partial charge in [-0.3, -0.25) is 9.36 Å². The molecule has 0 N–H and O–H groups in total. The van der Waals surface area contributed by atoms with Crippen LogP contribution in [0.4, 0.5) is 0 Å². The minimum atomic E-state index is -0.0681. The van der Waals surface area contributed by atoms with E-state index in [0.29, 0.717) is 34.0 Å². The average Bonchev–Trinajstić information content (AvgIpc) is 3.03. The lowest BCUT2D eigenvalue weighted by Gasteiger charge is -2.15. The van der Waals surface area contributed by atoms with Crippen LogP contribution in [0, 0.1) is 0 Å². The highest BCUT2D eigenvalue weighted by atomic mass is 35.5. The van der Waals surface area contributed by atoms with Crippen LogP contribution in [0.3, 0.4) is 0 Å². The van der Waals surface area contributed by atoms with Gasteiger partial charge in [-0.05, 0) is 37.1 Å². The summed E-state index contributed by atoms with van der Waals surface area (Å²) in [6.07, 6.45) is 4.71. The number of benzene rings is 2. The number of carbonyl (C=O) groups excluding carboxylic acids is 1. The van der Waals surface area contributed by atoms with E-state index in [9.17, 15) is 4.79 Å². The van der Waals surface area contributed by atoms with Crippen molar-refractivity contribution in [1.82, 2.24) is 14.8 Å². The quantitative estimate of drug-likeness (QED) is 0.486. The van der Waals surface area contributed by atoms with Crippen LogP contribution in [-0.2, 0) is 11.4 Å². The Bertz CT molecular complexity index is 977. The molecule has 7 heteroatoms. The lowest BCUT2D eigenvalue weighted by atomic mass is 10.2. The lowest BCUT2D eigenvalue weighted by molar-refractivity contribution is -0.118. The minimum Gasteiger partial charge on any atom is -0.484 e. The number of carbonyl (C=O) groups is 1. The highest BCUT2D eigenvalue weighted by Gasteiger charge is 2.25. The molecule has 0 unspecified atom stereocenters. The van der Waals surface area contributed by atoms with E-state index in [1.54, 1.807) is 6.07 Å². The zero-order valence-electron chi connectivity index (χ0n) is 16.0. The van der Waals surface area contributed by atoms with Crippen molar-refractivity contribution < 1.29 is 9.53 Å². The summed E-state index contributed by atoms with van der Waals surface area (Å²) < 4.78 is 7.87. The summed E-state index contributed by atoms with van der Waals surface area (Å²) in [5.41, 5.74) is 0.943. The number of hydrogen-bond acceptors (Lipinski definition) is 5. The highest BCUT2D eigenvalue weighted by molar-refractivity contribution is 8.00. The van der Waals surface area contributed by atoms with Gasteiger partial charge in [0, 0.05) is 12.1 Å². The van der Waals surface area contributed by atoms with Crippen molar-refractivity contribution in [3.05, 3.63) is 65.4 Å². The van der Waals surface area contributed by atoms with E-state index in [1.165, 1.54) is 11.8 Å². The van der Waals surface area contributed by atoms with Crippen molar-refractivity contribution in [3.63, 3.8) is 0 Å². The van der Waals surface area contributed by atoms with Crippen molar-refractivity contribution in [2.24, 2.45) is 0 Å². The standard InChI is InChI=1S/C22H22ClN3O2S/c23-17-11-7-8-13-19(17)28-15-21-24-25-22(26(21)16-9-3-1-4-10-16)29-20-14-6-2-5-12-18(20)27/h1,3-4,7-11,13,20H,2,5-6,12,14-15H2/t20-/m1/s1. The fourth-order valence-electron chi connectivity index (χ4n) is 3.39. The Morgan fingerprint density at radius 2 is 1.83 bits per heavy atom. The van der Waals surface area contributed by atoms with Crippen LogP contribution in [0.25, 0.3) is 5.69 Å². The van der Waals surface area contributed by atoms with Gasteiger partial charge >= 0.3 is 0 Å². The summed E-state index contributed by atoms with van der Waals surface area (Å²) in [4.78, 5) is 12.5. The van der Waals surface area contributed by atoms with Gasteiger partial charge in [-0.1, -0.05) is 66.5 Å². The predicted molar refractivity (Wildman–Crippen MR) is 115 cm³/mol. The van der Waals surface area contributed by atoms with Crippen molar-refractivity contribution >= 4 is 29.1 Å². The predicted octanol–water partition coefficient (Wildman–Crippen LogP) is 5.49. The molecule has 0 radical (unpaired) electrons. The molecule has 1 aliphatic carbocycles. The number of halogens is 1. The topological polar surface area (TPSA) is 57.0 Å². The minimum absolute atomic E-state index is 0.0681. The van der Waals surface area contributed by atoms with E-state index >= 15 is 0 Å². The zero-order chi connectivity index (χ0) is 20.1. The molecule has 2 aromatic carbocycles. The number of ketones is 1. The number of aromatic nitrogens is 3. The summed E-state index contributed by atoms with van der Waals surface area (Å²) in [5.74, 6) is 1.58. The maximum Gasteiger partial charge on any atom is 0.196 e. The lowest BCUT2D eigenvalue weighted by Crippen LogP contribution is -2.16. The number of Topliss-reactive ketones (excluding diaryl/α,β-unsaturated/α-hetero) is 1. The first kappa shape index (κ1) is 20.0. The van der Waals surface area contributed by atoms with Crippen LogP contribution in [0.15, 0.2) is 59.8 Å². The third-order valence-corrected chi connectivity index (χ3v) is 6.47. The van der Waals surface area contributed by atoms with E-state index in [1.807, 2.05) is 53.1 Å². The molecule has 0 saturated heterocycles. The molecule has 0 spiro atoms. The van der Waals surface area contributed by atoms with Crippen LogP contribution in [-0.4, -0.2) is 25.8 Å². The van der Waals surface area contributed by atoms with E-state index in [-0.39, 0.29) is 11.9 Å². The van der Waals surface area contributed by atoms with Crippen LogP contribution in [0.1, 0.15) is 37.9 Å². The second kappa shape index (κ2) is 9.46. The molecule has 5 nitrogen and oxygen atoms in total. The fourth-order valence-corrected chi connectivity index (χ4v) is 4.77. The van der Waals surface area contributed by atoms with Gasteiger partial charge in [-0.2, -0.15) is 0 Å². The summed E-state index contributed by atoms with van der Waals surface area (Å²) in [5, 5.41) is 9.96. The van der Waals surface area contributed by atoms with Crippen molar-refractivity contribution in [2.45, 2.75) is 49.1 Å². The van der Waals surface area contributed by atoms with Gasteiger partial charge < -0.3 is 4.74 Å². The second-order valence-corrected chi connectivity index (χ2v) is 8.54. The van der Waals surface area contributed by atoms with Crippen molar-refractivity contribution in [3.8, 4) is 11.4 Å². The normalized spacial score (nSPS) is 17.1. The molecule has 1 fully saturated rings. The van der Waals surface area contributed by atoms with Crippen LogP contribution >= 0.6 is 23.4 Å². The third-order valence-electron chi connectivity index (χ3n) is 4.90. The second-order valence-electron chi connectivity index (χ2n) is 6.96. The van der Waals surface area contributed by atoms with E-state index < -0.39 is 0 Å². The Morgan fingerprint density at radius 3 is 2.66 bits per heavy atom. The van der Waals surface area contributed by atoms with Gasteiger partial charge in [0.25, 0.3) is 0 Å². The number of ether oxygens (including phenoxy) is 1. The van der Waals surface area contributed by atoms with Gasteiger partial charge in [0.1, 0.15) is 18.1 Å². The fraction of sp³-hybridized carbons (Fsp3) is 0.318. The van der Waals surface area contributed by atoms with E-state index in [0.717, 1.165) is 31.4 Å². The van der Waals surface area contributed by atoms with Gasteiger partial charge in [0.2, 0.25) is 0 Å². The molecular weight excluding hydrogens is 406 g/mol. The molecule has 0 aliphatic heterocycles. The first-order valence-corrected chi connectivity index (χ1v) is 11.0. The summed E-state index contributed by atoms with van der Waals surface area (Å²) in [7, 11) is 0. The summed E-state index contributed by atoms with van der Waals surface area (Å²) in [6.45, 7) is 0.227. The molecule has 3 aromatic rings. The Hall–Kier alpha value is -2.31. The van der Waals surface area contributed by atoms with Gasteiger partial charge in [-0.25, -0.2) is 0 Å². The molecule has 150 valence electrons. The van der Waals surface area contributed by atoms with Gasteiger partial charge in [-0.15, -0.1) is 10.2 Å².